The van der Waals surface area contributed by atoms with Crippen molar-refractivity contribution in [3.05, 3.63) is 35.4 Å². The van der Waals surface area contributed by atoms with Crippen molar-refractivity contribution >= 4 is 5.97 Å². The molecule has 0 spiro atoms. The average molecular weight is 218 g/mol. The van der Waals surface area contributed by atoms with Crippen molar-refractivity contribution in [3.63, 3.8) is 0 Å². The van der Waals surface area contributed by atoms with E-state index < -0.39 is 5.60 Å². The van der Waals surface area contributed by atoms with Gasteiger partial charge in [-0.15, -0.1) is 0 Å². The topological polar surface area (TPSA) is 38.8 Å². The number of benzene rings is 1. The van der Waals surface area contributed by atoms with Crippen molar-refractivity contribution in [2.24, 2.45) is 0 Å². The molecule has 1 aliphatic heterocycles. The Hall–Kier alpha value is -1.35. The van der Waals surface area contributed by atoms with Crippen LogP contribution in [0.1, 0.15) is 30.6 Å². The van der Waals surface area contributed by atoms with Crippen molar-refractivity contribution < 1.29 is 14.3 Å². The zero-order valence-corrected chi connectivity index (χ0v) is 9.23. The van der Waals surface area contributed by atoms with E-state index in [0.717, 1.165) is 18.4 Å². The van der Waals surface area contributed by atoms with E-state index in [1.165, 1.54) is 5.56 Å². The lowest BCUT2D eigenvalue weighted by molar-refractivity contribution is -0.149. The summed E-state index contributed by atoms with van der Waals surface area (Å²) in [6.45, 7) is 2.24. The molecule has 0 N–H and O–H groups in total. The molecule has 2 aliphatic rings. The first-order valence-electron chi connectivity index (χ1n) is 5.71. The molecule has 0 saturated carbocycles. The van der Waals surface area contributed by atoms with E-state index in [0.29, 0.717) is 6.61 Å². The summed E-state index contributed by atoms with van der Waals surface area (Å²) >= 11 is 0. The van der Waals surface area contributed by atoms with Gasteiger partial charge in [0.15, 0.2) is 5.60 Å². The van der Waals surface area contributed by atoms with Gasteiger partial charge in [-0.1, -0.05) is 24.3 Å². The number of carbonyl (C=O) groups excluding carboxylic acids is 1. The van der Waals surface area contributed by atoms with Gasteiger partial charge in [-0.2, -0.15) is 0 Å². The molecule has 1 heterocycles. The molecule has 3 rings (SSSR count). The van der Waals surface area contributed by atoms with Crippen LogP contribution in [0.2, 0.25) is 0 Å². The summed E-state index contributed by atoms with van der Waals surface area (Å²) in [5.74, 6) is -0.200. The Balaban J connectivity index is 1.90. The van der Waals surface area contributed by atoms with Gasteiger partial charge >= 0.3 is 5.97 Å². The molecule has 0 radical (unpaired) electrons. The van der Waals surface area contributed by atoms with Crippen molar-refractivity contribution in [3.8, 4) is 0 Å². The molecule has 1 fully saturated rings. The lowest BCUT2D eigenvalue weighted by Gasteiger charge is -2.18. The van der Waals surface area contributed by atoms with Crippen LogP contribution in [0.5, 0.6) is 0 Å². The Labute approximate surface area is 94.4 Å². The van der Waals surface area contributed by atoms with Crippen molar-refractivity contribution in [2.45, 2.75) is 31.5 Å². The van der Waals surface area contributed by atoms with Gasteiger partial charge in [-0.3, -0.25) is 0 Å². The van der Waals surface area contributed by atoms with Crippen LogP contribution >= 0.6 is 0 Å². The lowest BCUT2D eigenvalue weighted by Crippen LogP contribution is -2.31. The normalized spacial score (nSPS) is 30.2. The summed E-state index contributed by atoms with van der Waals surface area (Å²) in [5, 5.41) is 0. The number of esters is 1. The molecular weight excluding hydrogens is 204 g/mol. The number of epoxide rings is 1. The maximum Gasteiger partial charge on any atom is 0.341 e. The third-order valence-corrected chi connectivity index (χ3v) is 3.42. The highest BCUT2D eigenvalue weighted by Gasteiger charge is 2.66. The zero-order valence-electron chi connectivity index (χ0n) is 9.23. The van der Waals surface area contributed by atoms with Crippen LogP contribution in [0.3, 0.4) is 0 Å². The molecule has 0 bridgehead atoms. The zero-order chi connectivity index (χ0) is 11.2. The highest BCUT2D eigenvalue weighted by atomic mass is 16.7. The average Bonchev–Trinajstić information content (AvgIpc) is 3.06. The quantitative estimate of drug-likeness (QED) is 0.563. The van der Waals surface area contributed by atoms with Crippen LogP contribution in [-0.2, 0) is 20.7 Å². The third kappa shape index (κ3) is 1.21. The number of carbonyl (C=O) groups is 1. The fourth-order valence-corrected chi connectivity index (χ4v) is 2.53. The Kier molecular flexibility index (Phi) is 2.04. The molecule has 2 atom stereocenters. The molecule has 0 unspecified atom stereocenters. The largest absolute Gasteiger partial charge is 0.464 e. The molecule has 3 nitrogen and oxygen atoms in total. The van der Waals surface area contributed by atoms with E-state index in [4.69, 9.17) is 9.47 Å². The number of ether oxygens (including phenoxy) is 2. The number of hydrogen-bond donors (Lipinski definition) is 0. The maximum absolute atomic E-state index is 11.8. The minimum Gasteiger partial charge on any atom is -0.464 e. The molecule has 0 amide bonds. The molecule has 16 heavy (non-hydrogen) atoms. The van der Waals surface area contributed by atoms with Crippen molar-refractivity contribution in [2.75, 3.05) is 6.61 Å². The van der Waals surface area contributed by atoms with Crippen molar-refractivity contribution in [1.29, 1.82) is 0 Å². The number of fused-ring (bicyclic) bond motifs is 3. The number of hydrogen-bond acceptors (Lipinski definition) is 3. The maximum atomic E-state index is 11.8. The second-order valence-corrected chi connectivity index (χ2v) is 4.31. The third-order valence-electron chi connectivity index (χ3n) is 3.42. The first-order valence-corrected chi connectivity index (χ1v) is 5.71. The highest BCUT2D eigenvalue weighted by molar-refractivity contribution is 5.84. The van der Waals surface area contributed by atoms with Gasteiger partial charge in [0.1, 0.15) is 6.10 Å². The SMILES string of the molecule is CCOC(=O)[C@@]12CCc3ccccc3[C@@H]1O2. The fraction of sp³-hybridized carbons (Fsp3) is 0.462. The van der Waals surface area contributed by atoms with Gasteiger partial charge in [-0.25, -0.2) is 4.79 Å². The van der Waals surface area contributed by atoms with E-state index in [9.17, 15) is 4.79 Å². The second-order valence-electron chi connectivity index (χ2n) is 4.31. The molecule has 0 aromatic heterocycles. The van der Waals surface area contributed by atoms with Crippen LogP contribution < -0.4 is 0 Å². The molecule has 1 aliphatic carbocycles. The smallest absolute Gasteiger partial charge is 0.341 e. The van der Waals surface area contributed by atoms with E-state index in [2.05, 4.69) is 6.07 Å². The van der Waals surface area contributed by atoms with E-state index >= 15 is 0 Å². The highest BCUT2D eigenvalue weighted by Crippen LogP contribution is 2.57. The molecule has 1 aromatic rings. The predicted molar refractivity (Wildman–Crippen MR) is 58.0 cm³/mol. The van der Waals surface area contributed by atoms with Crippen molar-refractivity contribution in [1.82, 2.24) is 0 Å². The summed E-state index contributed by atoms with van der Waals surface area (Å²) < 4.78 is 10.7. The summed E-state index contributed by atoms with van der Waals surface area (Å²) in [5.41, 5.74) is 1.79. The molecular formula is C13H14O3. The molecule has 1 aromatic carbocycles. The van der Waals surface area contributed by atoms with E-state index in [-0.39, 0.29) is 12.1 Å². The molecule has 84 valence electrons. The summed E-state index contributed by atoms with van der Waals surface area (Å²) in [6, 6.07) is 8.16. The second kappa shape index (κ2) is 3.32. The van der Waals surface area contributed by atoms with Gasteiger partial charge in [0.25, 0.3) is 0 Å². The van der Waals surface area contributed by atoms with Crippen LogP contribution in [0, 0.1) is 0 Å². The van der Waals surface area contributed by atoms with Gasteiger partial charge in [-0.05, 0) is 30.9 Å². The lowest BCUT2D eigenvalue weighted by atomic mass is 9.84. The van der Waals surface area contributed by atoms with Crippen LogP contribution in [0.25, 0.3) is 0 Å². The first kappa shape index (κ1) is 9.85. The van der Waals surface area contributed by atoms with E-state index in [1.807, 2.05) is 25.1 Å². The van der Waals surface area contributed by atoms with Crippen LogP contribution in [-0.4, -0.2) is 18.2 Å². The number of aryl methyl sites for hydroxylation is 1. The molecule has 1 saturated heterocycles. The summed E-state index contributed by atoms with van der Waals surface area (Å²) in [6.07, 6.45) is 1.57. The van der Waals surface area contributed by atoms with Crippen LogP contribution in [0.15, 0.2) is 24.3 Å². The van der Waals surface area contributed by atoms with Gasteiger partial charge < -0.3 is 9.47 Å². The van der Waals surface area contributed by atoms with Crippen LogP contribution in [0.4, 0.5) is 0 Å². The summed E-state index contributed by atoms with van der Waals surface area (Å²) in [7, 11) is 0. The van der Waals surface area contributed by atoms with Gasteiger partial charge in [0, 0.05) is 0 Å². The van der Waals surface area contributed by atoms with Gasteiger partial charge in [0.2, 0.25) is 0 Å². The Morgan fingerprint density at radius 3 is 3.19 bits per heavy atom. The van der Waals surface area contributed by atoms with E-state index in [1.54, 1.807) is 0 Å². The predicted octanol–water partition coefficient (Wildman–Crippen LogP) is 2.01. The first-order chi connectivity index (χ1) is 7.78. The standard InChI is InChI=1S/C13H14O3/c1-2-15-12(14)13-8-7-9-5-3-4-6-10(9)11(13)16-13/h3-6,11H,2,7-8H2,1H3/t11-,13+/m0/s1. The van der Waals surface area contributed by atoms with Gasteiger partial charge in [0.05, 0.1) is 6.61 Å². The Morgan fingerprint density at radius 1 is 1.56 bits per heavy atom. The Bertz CT molecular complexity index is 441. The molecule has 3 heteroatoms. The monoisotopic (exact) mass is 218 g/mol. The summed E-state index contributed by atoms with van der Waals surface area (Å²) in [4.78, 5) is 11.8. The fourth-order valence-electron chi connectivity index (χ4n) is 2.53. The minimum absolute atomic E-state index is 0.0727. The number of rotatable bonds is 2. The Morgan fingerprint density at radius 2 is 2.38 bits per heavy atom. The minimum atomic E-state index is -0.662.